The molecule has 0 aliphatic heterocycles. The SMILES string of the molecule is COc1ccccc1C(=O)n1cc(C(N)=O)c2ccccc21. The van der Waals surface area contributed by atoms with Gasteiger partial charge in [-0.2, -0.15) is 0 Å². The van der Waals surface area contributed by atoms with E-state index in [1.807, 2.05) is 0 Å². The highest BCUT2D eigenvalue weighted by molar-refractivity contribution is 6.11. The fourth-order valence-electron chi connectivity index (χ4n) is 2.50. The van der Waals surface area contributed by atoms with Crippen molar-refractivity contribution in [2.45, 2.75) is 0 Å². The van der Waals surface area contributed by atoms with Crippen LogP contribution in [0.15, 0.2) is 54.7 Å². The van der Waals surface area contributed by atoms with E-state index in [0.717, 1.165) is 0 Å². The molecular weight excluding hydrogens is 280 g/mol. The molecule has 0 atom stereocenters. The van der Waals surface area contributed by atoms with Crippen molar-refractivity contribution in [3.05, 3.63) is 65.9 Å². The van der Waals surface area contributed by atoms with Gasteiger partial charge in [-0.05, 0) is 18.2 Å². The van der Waals surface area contributed by atoms with Crippen LogP contribution in [0.4, 0.5) is 0 Å². The van der Waals surface area contributed by atoms with Gasteiger partial charge in [0.05, 0.1) is 23.8 Å². The summed E-state index contributed by atoms with van der Waals surface area (Å²) in [5, 5.41) is 0.651. The molecule has 0 saturated carbocycles. The molecule has 0 fully saturated rings. The van der Waals surface area contributed by atoms with E-state index >= 15 is 0 Å². The van der Waals surface area contributed by atoms with Crippen LogP contribution in [-0.2, 0) is 0 Å². The summed E-state index contributed by atoms with van der Waals surface area (Å²) in [6.45, 7) is 0. The number of nitrogens with zero attached hydrogens (tertiary/aromatic N) is 1. The molecule has 2 N–H and O–H groups in total. The zero-order valence-electron chi connectivity index (χ0n) is 11.9. The third-order valence-corrected chi connectivity index (χ3v) is 3.53. The van der Waals surface area contributed by atoms with Crippen molar-refractivity contribution >= 4 is 22.7 Å². The van der Waals surface area contributed by atoms with Crippen molar-refractivity contribution in [1.29, 1.82) is 0 Å². The van der Waals surface area contributed by atoms with E-state index in [2.05, 4.69) is 0 Å². The van der Waals surface area contributed by atoms with Crippen molar-refractivity contribution in [3.8, 4) is 5.75 Å². The molecule has 5 heteroatoms. The van der Waals surface area contributed by atoms with Crippen LogP contribution in [0, 0.1) is 0 Å². The number of para-hydroxylation sites is 2. The van der Waals surface area contributed by atoms with Gasteiger partial charge in [-0.1, -0.05) is 30.3 Å². The molecular formula is C17H14N2O3. The normalized spacial score (nSPS) is 10.6. The van der Waals surface area contributed by atoms with Gasteiger partial charge in [-0.25, -0.2) is 0 Å². The molecule has 2 aromatic carbocycles. The molecule has 0 aliphatic rings. The highest BCUT2D eigenvalue weighted by atomic mass is 16.5. The summed E-state index contributed by atoms with van der Waals surface area (Å²) in [5.74, 6) is -0.366. The van der Waals surface area contributed by atoms with Gasteiger partial charge in [0.25, 0.3) is 11.8 Å². The third kappa shape index (κ3) is 2.13. The van der Waals surface area contributed by atoms with Crippen molar-refractivity contribution in [2.75, 3.05) is 7.11 Å². The second-order valence-corrected chi connectivity index (χ2v) is 4.80. The number of amides is 1. The van der Waals surface area contributed by atoms with Crippen LogP contribution < -0.4 is 10.5 Å². The van der Waals surface area contributed by atoms with Gasteiger partial charge in [0.15, 0.2) is 0 Å². The van der Waals surface area contributed by atoms with Crippen LogP contribution >= 0.6 is 0 Å². The van der Waals surface area contributed by atoms with Gasteiger partial charge in [-0.15, -0.1) is 0 Å². The first-order valence-electron chi connectivity index (χ1n) is 6.71. The number of hydrogen-bond acceptors (Lipinski definition) is 3. The van der Waals surface area contributed by atoms with Crippen LogP contribution in [0.2, 0.25) is 0 Å². The second-order valence-electron chi connectivity index (χ2n) is 4.80. The van der Waals surface area contributed by atoms with Crippen LogP contribution in [0.5, 0.6) is 5.75 Å². The van der Waals surface area contributed by atoms with Gasteiger partial charge in [0.1, 0.15) is 5.75 Å². The van der Waals surface area contributed by atoms with Crippen LogP contribution in [0.25, 0.3) is 10.9 Å². The summed E-state index contributed by atoms with van der Waals surface area (Å²) in [4.78, 5) is 24.4. The zero-order valence-corrected chi connectivity index (χ0v) is 11.9. The fraction of sp³-hybridized carbons (Fsp3) is 0.0588. The van der Waals surface area contributed by atoms with E-state index in [4.69, 9.17) is 10.5 Å². The Labute approximate surface area is 126 Å². The maximum atomic E-state index is 12.8. The maximum Gasteiger partial charge on any atom is 0.266 e. The number of fused-ring (bicyclic) bond motifs is 1. The van der Waals surface area contributed by atoms with E-state index in [0.29, 0.717) is 27.8 Å². The Bertz CT molecular complexity index is 880. The van der Waals surface area contributed by atoms with Crippen LogP contribution in [-0.4, -0.2) is 23.5 Å². The summed E-state index contributed by atoms with van der Waals surface area (Å²) in [7, 11) is 1.51. The first-order valence-corrected chi connectivity index (χ1v) is 6.71. The number of primary amides is 1. The van der Waals surface area contributed by atoms with Crippen molar-refractivity contribution in [2.24, 2.45) is 5.73 Å². The highest BCUT2D eigenvalue weighted by Gasteiger charge is 2.19. The monoisotopic (exact) mass is 294 g/mol. The lowest BCUT2D eigenvalue weighted by molar-refractivity contribution is 0.0962. The lowest BCUT2D eigenvalue weighted by Crippen LogP contribution is -2.13. The number of benzene rings is 2. The summed E-state index contributed by atoms with van der Waals surface area (Å²) < 4.78 is 6.65. The third-order valence-electron chi connectivity index (χ3n) is 3.53. The summed E-state index contributed by atoms with van der Waals surface area (Å²) in [5.41, 5.74) is 6.77. The first-order chi connectivity index (χ1) is 10.6. The maximum absolute atomic E-state index is 12.8. The Kier molecular flexibility index (Phi) is 3.39. The Morgan fingerprint density at radius 1 is 1.00 bits per heavy atom. The molecule has 0 aliphatic carbocycles. The second kappa shape index (κ2) is 5.37. The van der Waals surface area contributed by atoms with Gasteiger partial charge in [-0.3, -0.25) is 14.2 Å². The minimum absolute atomic E-state index is 0.277. The van der Waals surface area contributed by atoms with Crippen molar-refractivity contribution in [3.63, 3.8) is 0 Å². The van der Waals surface area contributed by atoms with Gasteiger partial charge >= 0.3 is 0 Å². The molecule has 0 spiro atoms. The molecule has 0 bridgehead atoms. The standard InChI is InChI=1S/C17H14N2O3/c1-22-15-9-5-3-7-12(15)17(21)19-10-13(16(18)20)11-6-2-4-8-14(11)19/h2-10H,1H3,(H2,18,20). The van der Waals surface area contributed by atoms with Gasteiger partial charge in [0, 0.05) is 11.6 Å². The Balaban J connectivity index is 2.22. The Morgan fingerprint density at radius 2 is 1.68 bits per heavy atom. The summed E-state index contributed by atoms with van der Waals surface area (Å²) in [6, 6.07) is 14.1. The number of rotatable bonds is 3. The molecule has 3 rings (SSSR count). The van der Waals surface area contributed by atoms with E-state index in [9.17, 15) is 9.59 Å². The first kappa shape index (κ1) is 13.9. The highest BCUT2D eigenvalue weighted by Crippen LogP contribution is 2.25. The number of methoxy groups -OCH3 is 1. The fourth-order valence-corrected chi connectivity index (χ4v) is 2.50. The molecule has 22 heavy (non-hydrogen) atoms. The average Bonchev–Trinajstić information content (AvgIpc) is 2.94. The predicted molar refractivity (Wildman–Crippen MR) is 83.2 cm³/mol. The van der Waals surface area contributed by atoms with Crippen molar-refractivity contribution in [1.82, 2.24) is 4.57 Å². The summed E-state index contributed by atoms with van der Waals surface area (Å²) in [6.07, 6.45) is 1.47. The molecule has 0 unspecified atom stereocenters. The topological polar surface area (TPSA) is 74.3 Å². The molecule has 1 amide bonds. The minimum atomic E-state index is -0.567. The predicted octanol–water partition coefficient (Wildman–Crippen LogP) is 2.44. The zero-order chi connectivity index (χ0) is 15.7. The molecule has 1 heterocycles. The average molecular weight is 294 g/mol. The van der Waals surface area contributed by atoms with Crippen molar-refractivity contribution < 1.29 is 14.3 Å². The summed E-state index contributed by atoms with van der Waals surface area (Å²) >= 11 is 0. The Morgan fingerprint density at radius 3 is 2.41 bits per heavy atom. The number of hydrogen-bond donors (Lipinski definition) is 1. The van der Waals surface area contributed by atoms with E-state index < -0.39 is 5.91 Å². The smallest absolute Gasteiger partial charge is 0.266 e. The molecule has 0 saturated heterocycles. The number of nitrogens with two attached hydrogens (primary N) is 1. The molecule has 5 nitrogen and oxygen atoms in total. The molecule has 0 radical (unpaired) electrons. The molecule has 110 valence electrons. The van der Waals surface area contributed by atoms with Gasteiger partial charge in [0.2, 0.25) is 0 Å². The largest absolute Gasteiger partial charge is 0.496 e. The lowest BCUT2D eigenvalue weighted by Gasteiger charge is -2.08. The molecule has 3 aromatic rings. The van der Waals surface area contributed by atoms with E-state index in [-0.39, 0.29) is 5.91 Å². The van der Waals surface area contributed by atoms with E-state index in [1.54, 1.807) is 48.5 Å². The molecule has 1 aromatic heterocycles. The number of carbonyl (C=O) groups excluding carboxylic acids is 2. The lowest BCUT2D eigenvalue weighted by atomic mass is 10.1. The van der Waals surface area contributed by atoms with Gasteiger partial charge < -0.3 is 10.5 Å². The van der Waals surface area contributed by atoms with Crippen LogP contribution in [0.3, 0.4) is 0 Å². The number of aromatic nitrogens is 1. The van der Waals surface area contributed by atoms with Crippen LogP contribution in [0.1, 0.15) is 20.7 Å². The van der Waals surface area contributed by atoms with E-state index in [1.165, 1.54) is 17.9 Å². The number of carbonyl (C=O) groups is 2. The Hall–Kier alpha value is -3.08. The number of ether oxygens (including phenoxy) is 1. The minimum Gasteiger partial charge on any atom is -0.496 e. The quantitative estimate of drug-likeness (QED) is 0.806.